The lowest BCUT2D eigenvalue weighted by Gasteiger charge is -2.01. The predicted molar refractivity (Wildman–Crippen MR) is 70.2 cm³/mol. The van der Waals surface area contributed by atoms with Gasteiger partial charge in [-0.15, -0.1) is 0 Å². The number of rotatable bonds is 4. The zero-order valence-electron chi connectivity index (χ0n) is 9.32. The van der Waals surface area contributed by atoms with Crippen LogP contribution < -0.4 is 5.69 Å². The summed E-state index contributed by atoms with van der Waals surface area (Å²) < 4.78 is 3.57. The van der Waals surface area contributed by atoms with Gasteiger partial charge in [-0.2, -0.15) is 0 Å². The van der Waals surface area contributed by atoms with E-state index < -0.39 is 0 Å². The van der Waals surface area contributed by atoms with Gasteiger partial charge in [0.05, 0.1) is 11.0 Å². The van der Waals surface area contributed by atoms with E-state index in [1.807, 2.05) is 35.9 Å². The number of para-hydroxylation sites is 2. The van der Waals surface area contributed by atoms with Crippen molar-refractivity contribution in [2.75, 3.05) is 5.33 Å². The number of fused-ring (bicyclic) bond motifs is 1. The fourth-order valence-corrected chi connectivity index (χ4v) is 2.34. The number of alkyl halides is 1. The summed E-state index contributed by atoms with van der Waals surface area (Å²) in [5.41, 5.74) is 2.12. The Morgan fingerprint density at radius 1 is 1.19 bits per heavy atom. The lowest BCUT2D eigenvalue weighted by molar-refractivity contribution is 0.618. The number of benzene rings is 1. The van der Waals surface area contributed by atoms with Crippen molar-refractivity contribution in [3.8, 4) is 0 Å². The Balaban J connectivity index is 2.43. The van der Waals surface area contributed by atoms with E-state index >= 15 is 0 Å². The average molecular weight is 283 g/mol. The van der Waals surface area contributed by atoms with Crippen molar-refractivity contribution in [1.29, 1.82) is 0 Å². The standard InChI is InChI=1S/C12H15BrN2O/c1-14-10-6-2-3-7-11(10)15(12(14)16)9-5-4-8-13/h2-3,6-7H,4-5,8-9H2,1H3. The molecular formula is C12H15BrN2O. The largest absolute Gasteiger partial charge is 0.328 e. The number of hydrogen-bond acceptors (Lipinski definition) is 1. The molecule has 0 N–H and O–H groups in total. The average Bonchev–Trinajstić information content (AvgIpc) is 2.55. The maximum atomic E-state index is 12.0. The van der Waals surface area contributed by atoms with Gasteiger partial charge in [-0.05, 0) is 25.0 Å². The first-order valence-electron chi connectivity index (χ1n) is 5.46. The Kier molecular flexibility index (Phi) is 3.49. The van der Waals surface area contributed by atoms with E-state index in [0.717, 1.165) is 35.7 Å². The predicted octanol–water partition coefficient (Wildman–Crippen LogP) is 2.52. The van der Waals surface area contributed by atoms with Crippen LogP contribution in [0.1, 0.15) is 12.8 Å². The Bertz CT molecular complexity index is 541. The summed E-state index contributed by atoms with van der Waals surface area (Å²) in [5, 5.41) is 0.993. The molecule has 0 aliphatic carbocycles. The van der Waals surface area contributed by atoms with Gasteiger partial charge in [0, 0.05) is 18.9 Å². The van der Waals surface area contributed by atoms with E-state index in [4.69, 9.17) is 0 Å². The van der Waals surface area contributed by atoms with Crippen molar-refractivity contribution in [1.82, 2.24) is 9.13 Å². The lowest BCUT2D eigenvalue weighted by atomic mass is 10.3. The van der Waals surface area contributed by atoms with Crippen molar-refractivity contribution < 1.29 is 0 Å². The number of unbranched alkanes of at least 4 members (excludes halogenated alkanes) is 1. The Labute approximate surface area is 103 Å². The fourth-order valence-electron chi connectivity index (χ4n) is 1.94. The number of halogens is 1. The molecule has 0 atom stereocenters. The minimum absolute atomic E-state index is 0.0794. The molecular weight excluding hydrogens is 268 g/mol. The molecule has 1 aromatic heterocycles. The maximum absolute atomic E-state index is 12.0. The van der Waals surface area contributed by atoms with Crippen molar-refractivity contribution >= 4 is 27.0 Å². The van der Waals surface area contributed by atoms with Crippen LogP contribution >= 0.6 is 15.9 Å². The van der Waals surface area contributed by atoms with Gasteiger partial charge in [0.15, 0.2) is 0 Å². The molecule has 0 aliphatic heterocycles. The molecule has 0 saturated carbocycles. The van der Waals surface area contributed by atoms with Crippen molar-refractivity contribution in [3.63, 3.8) is 0 Å². The molecule has 4 heteroatoms. The van der Waals surface area contributed by atoms with Gasteiger partial charge in [0.25, 0.3) is 0 Å². The highest BCUT2D eigenvalue weighted by Gasteiger charge is 2.08. The van der Waals surface area contributed by atoms with Crippen molar-refractivity contribution in [2.24, 2.45) is 7.05 Å². The second kappa shape index (κ2) is 4.87. The number of imidazole rings is 1. The van der Waals surface area contributed by atoms with Crippen LogP contribution in [0.15, 0.2) is 29.1 Å². The van der Waals surface area contributed by atoms with E-state index in [2.05, 4.69) is 15.9 Å². The highest BCUT2D eigenvalue weighted by atomic mass is 79.9. The molecule has 0 saturated heterocycles. The molecule has 0 amide bonds. The van der Waals surface area contributed by atoms with Gasteiger partial charge in [-0.25, -0.2) is 4.79 Å². The molecule has 0 bridgehead atoms. The maximum Gasteiger partial charge on any atom is 0.328 e. The molecule has 1 aromatic carbocycles. The minimum atomic E-state index is 0.0794. The molecule has 3 nitrogen and oxygen atoms in total. The second-order valence-electron chi connectivity index (χ2n) is 3.88. The third-order valence-electron chi connectivity index (χ3n) is 2.82. The smallest absolute Gasteiger partial charge is 0.295 e. The zero-order chi connectivity index (χ0) is 11.5. The summed E-state index contributed by atoms with van der Waals surface area (Å²) in [6.07, 6.45) is 2.12. The summed E-state index contributed by atoms with van der Waals surface area (Å²) >= 11 is 3.40. The Morgan fingerprint density at radius 3 is 2.56 bits per heavy atom. The van der Waals surface area contributed by atoms with Gasteiger partial charge in [-0.1, -0.05) is 28.1 Å². The Morgan fingerprint density at radius 2 is 1.88 bits per heavy atom. The van der Waals surface area contributed by atoms with Crippen LogP contribution in [0.25, 0.3) is 11.0 Å². The van der Waals surface area contributed by atoms with Gasteiger partial charge < -0.3 is 0 Å². The number of nitrogens with zero attached hydrogens (tertiary/aromatic N) is 2. The van der Waals surface area contributed by atoms with Crippen LogP contribution in [0, 0.1) is 0 Å². The molecule has 0 unspecified atom stereocenters. The van der Waals surface area contributed by atoms with Crippen LogP contribution in [-0.4, -0.2) is 14.5 Å². The van der Waals surface area contributed by atoms with Gasteiger partial charge in [0.1, 0.15) is 0 Å². The zero-order valence-corrected chi connectivity index (χ0v) is 10.9. The first-order chi connectivity index (χ1) is 7.75. The molecule has 0 aliphatic rings. The van der Waals surface area contributed by atoms with Crippen LogP contribution in [0.2, 0.25) is 0 Å². The van der Waals surface area contributed by atoms with Crippen LogP contribution in [0.5, 0.6) is 0 Å². The third kappa shape index (κ3) is 1.94. The quantitative estimate of drug-likeness (QED) is 0.625. The SMILES string of the molecule is Cn1c(=O)n(CCCCBr)c2ccccc21. The van der Waals surface area contributed by atoms with E-state index in [1.54, 1.807) is 4.57 Å². The lowest BCUT2D eigenvalue weighted by Crippen LogP contribution is -2.22. The topological polar surface area (TPSA) is 26.9 Å². The van der Waals surface area contributed by atoms with Crippen molar-refractivity contribution in [3.05, 3.63) is 34.7 Å². The van der Waals surface area contributed by atoms with E-state index in [0.29, 0.717) is 0 Å². The van der Waals surface area contributed by atoms with Gasteiger partial charge in [0.2, 0.25) is 0 Å². The molecule has 16 heavy (non-hydrogen) atoms. The number of hydrogen-bond donors (Lipinski definition) is 0. The van der Waals surface area contributed by atoms with Gasteiger partial charge >= 0.3 is 5.69 Å². The minimum Gasteiger partial charge on any atom is -0.295 e. The van der Waals surface area contributed by atoms with E-state index in [1.165, 1.54) is 0 Å². The van der Waals surface area contributed by atoms with E-state index in [9.17, 15) is 4.79 Å². The monoisotopic (exact) mass is 282 g/mol. The molecule has 2 rings (SSSR count). The van der Waals surface area contributed by atoms with Crippen LogP contribution in [-0.2, 0) is 13.6 Å². The third-order valence-corrected chi connectivity index (χ3v) is 3.38. The molecule has 1 heterocycles. The number of aryl methyl sites for hydroxylation is 2. The first kappa shape index (κ1) is 11.5. The fraction of sp³-hybridized carbons (Fsp3) is 0.417. The summed E-state index contributed by atoms with van der Waals surface area (Å²) in [7, 11) is 1.83. The highest BCUT2D eigenvalue weighted by molar-refractivity contribution is 9.09. The summed E-state index contributed by atoms with van der Waals surface area (Å²) in [5.74, 6) is 0. The summed E-state index contributed by atoms with van der Waals surface area (Å²) in [6.45, 7) is 0.797. The van der Waals surface area contributed by atoms with E-state index in [-0.39, 0.29) is 5.69 Å². The highest BCUT2D eigenvalue weighted by Crippen LogP contribution is 2.12. The van der Waals surface area contributed by atoms with Crippen LogP contribution in [0.3, 0.4) is 0 Å². The van der Waals surface area contributed by atoms with Gasteiger partial charge in [-0.3, -0.25) is 9.13 Å². The molecule has 0 spiro atoms. The normalized spacial score (nSPS) is 11.1. The molecule has 0 radical (unpaired) electrons. The first-order valence-corrected chi connectivity index (χ1v) is 6.58. The van der Waals surface area contributed by atoms with Crippen LogP contribution in [0.4, 0.5) is 0 Å². The van der Waals surface area contributed by atoms with Crippen molar-refractivity contribution in [2.45, 2.75) is 19.4 Å². The second-order valence-corrected chi connectivity index (χ2v) is 4.67. The number of aromatic nitrogens is 2. The Hall–Kier alpha value is -1.03. The molecule has 86 valence electrons. The molecule has 0 fully saturated rings. The summed E-state index contributed by atoms with van der Waals surface area (Å²) in [6, 6.07) is 7.93. The summed E-state index contributed by atoms with van der Waals surface area (Å²) in [4.78, 5) is 12.0. The molecule has 2 aromatic rings.